The van der Waals surface area contributed by atoms with Gasteiger partial charge in [0.2, 0.25) is 0 Å². The molecule has 25 heavy (non-hydrogen) atoms. The number of pyridine rings is 1. The summed E-state index contributed by atoms with van der Waals surface area (Å²) in [5, 5.41) is 3.70. The van der Waals surface area contributed by atoms with Gasteiger partial charge >= 0.3 is 0 Å². The van der Waals surface area contributed by atoms with Crippen LogP contribution < -0.4 is 5.32 Å². The maximum absolute atomic E-state index is 13.1. The van der Waals surface area contributed by atoms with Crippen molar-refractivity contribution in [2.75, 3.05) is 5.75 Å². The molecule has 0 saturated carbocycles. The minimum Gasteiger partial charge on any atom is -0.298 e. The molecule has 0 fully saturated rings. The first-order chi connectivity index (χ1) is 12.0. The van der Waals surface area contributed by atoms with Crippen molar-refractivity contribution < 1.29 is 8.42 Å². The topological polar surface area (TPSA) is 59.1 Å². The number of sulfone groups is 1. The smallest absolute Gasteiger partial charge is 0.180 e. The van der Waals surface area contributed by atoms with Gasteiger partial charge in [0.25, 0.3) is 0 Å². The summed E-state index contributed by atoms with van der Waals surface area (Å²) in [6, 6.07) is 12.9. The highest BCUT2D eigenvalue weighted by atomic mass is 32.2. The summed E-state index contributed by atoms with van der Waals surface area (Å²) in [4.78, 5) is 4.95. The third-order valence-electron chi connectivity index (χ3n) is 5.15. The Kier molecular flexibility index (Phi) is 5.25. The van der Waals surface area contributed by atoms with E-state index in [1.54, 1.807) is 18.3 Å². The summed E-state index contributed by atoms with van der Waals surface area (Å²) in [6.45, 7) is 4.21. The maximum atomic E-state index is 13.1. The number of nitrogens with zero attached hydrogens (tertiary/aromatic N) is 1. The van der Waals surface area contributed by atoms with Crippen LogP contribution in [0.1, 0.15) is 56.8 Å². The lowest BCUT2D eigenvalue weighted by Gasteiger charge is -2.35. The van der Waals surface area contributed by atoms with Crippen LogP contribution in [0.5, 0.6) is 0 Å². The molecule has 1 aliphatic heterocycles. The zero-order chi connectivity index (χ0) is 17.9. The van der Waals surface area contributed by atoms with Crippen LogP contribution in [0, 0.1) is 0 Å². The van der Waals surface area contributed by atoms with E-state index in [0.717, 1.165) is 36.9 Å². The number of nitrogens with one attached hydrogen (secondary N) is 1. The molecule has 1 aliphatic rings. The van der Waals surface area contributed by atoms with Crippen molar-refractivity contribution in [1.29, 1.82) is 0 Å². The molecule has 0 saturated heterocycles. The Balaban J connectivity index is 2.17. The van der Waals surface area contributed by atoms with Crippen molar-refractivity contribution in [1.82, 2.24) is 10.3 Å². The Morgan fingerprint density at radius 2 is 1.92 bits per heavy atom. The largest absolute Gasteiger partial charge is 0.298 e. The van der Waals surface area contributed by atoms with E-state index in [1.165, 1.54) is 0 Å². The van der Waals surface area contributed by atoms with Crippen LogP contribution >= 0.6 is 0 Å². The fraction of sp³-hybridized carbons (Fsp3) is 0.450. The van der Waals surface area contributed by atoms with Gasteiger partial charge in [-0.3, -0.25) is 10.3 Å². The second kappa shape index (κ2) is 7.26. The summed E-state index contributed by atoms with van der Waals surface area (Å²) >= 11 is 0. The maximum Gasteiger partial charge on any atom is 0.180 e. The summed E-state index contributed by atoms with van der Waals surface area (Å²) in [5.74, 6) is 0.136. The molecular formula is C20H26N2O2S. The minimum absolute atomic E-state index is 0.136. The third-order valence-corrected chi connectivity index (χ3v) is 7.13. The molecule has 2 aromatic rings. The molecule has 0 spiro atoms. The van der Waals surface area contributed by atoms with Crippen molar-refractivity contribution in [2.45, 2.75) is 56.0 Å². The number of hydrogen-bond donors (Lipinski definition) is 1. The summed E-state index contributed by atoms with van der Waals surface area (Å²) in [5.41, 5.74) is 1.23. The number of unbranched alkanes of at least 4 members (excludes halogenated alkanes) is 1. The van der Waals surface area contributed by atoms with Crippen molar-refractivity contribution in [3.05, 3.63) is 59.9 Å². The highest BCUT2D eigenvalue weighted by Crippen LogP contribution is 2.37. The predicted octanol–water partition coefficient (Wildman–Crippen LogP) is 3.89. The summed E-state index contributed by atoms with van der Waals surface area (Å²) in [7, 11) is -3.36. The molecule has 0 bridgehead atoms. The molecular weight excluding hydrogens is 332 g/mol. The van der Waals surface area contributed by atoms with E-state index in [4.69, 9.17) is 0 Å². The molecule has 1 aromatic heterocycles. The first-order valence-electron chi connectivity index (χ1n) is 9.01. The second-order valence-electron chi connectivity index (χ2n) is 6.87. The zero-order valence-electron chi connectivity index (χ0n) is 14.9. The van der Waals surface area contributed by atoms with Gasteiger partial charge in [-0.05, 0) is 36.6 Å². The molecule has 1 N–H and O–H groups in total. The van der Waals surface area contributed by atoms with E-state index in [-0.39, 0.29) is 11.8 Å². The molecule has 5 heteroatoms. The summed E-state index contributed by atoms with van der Waals surface area (Å²) < 4.78 is 26.3. The average Bonchev–Trinajstić information content (AvgIpc) is 2.74. The molecule has 2 heterocycles. The Hall–Kier alpha value is -1.72. The van der Waals surface area contributed by atoms with Crippen molar-refractivity contribution in [3.63, 3.8) is 0 Å². The van der Waals surface area contributed by atoms with Gasteiger partial charge in [-0.2, -0.15) is 0 Å². The number of aromatic nitrogens is 1. The van der Waals surface area contributed by atoms with Crippen molar-refractivity contribution in [2.24, 2.45) is 0 Å². The standard InChI is InChI=1S/C20H26N2O2S/c1-3-5-13-20(4-2)15-25(23,24)18-12-7-6-10-16(18)19(22-20)17-11-8-9-14-21-17/h6-12,14,19,22H,3-5,13,15H2,1-2H3/t19-,20-/m1/s1. The Morgan fingerprint density at radius 3 is 2.60 bits per heavy atom. The first-order valence-corrected chi connectivity index (χ1v) is 10.7. The van der Waals surface area contributed by atoms with Crippen LogP contribution in [0.2, 0.25) is 0 Å². The van der Waals surface area contributed by atoms with Gasteiger partial charge < -0.3 is 0 Å². The molecule has 2 atom stereocenters. The van der Waals surface area contributed by atoms with Gasteiger partial charge in [-0.1, -0.05) is 51.0 Å². The monoisotopic (exact) mass is 358 g/mol. The number of fused-ring (bicyclic) bond motifs is 1. The van der Waals surface area contributed by atoms with Crippen LogP contribution in [0.15, 0.2) is 53.6 Å². The number of hydrogen-bond acceptors (Lipinski definition) is 4. The molecule has 0 unspecified atom stereocenters. The lowest BCUT2D eigenvalue weighted by molar-refractivity contribution is 0.293. The minimum atomic E-state index is -3.36. The van der Waals surface area contributed by atoms with Crippen LogP contribution in [0.25, 0.3) is 0 Å². The van der Waals surface area contributed by atoms with Crippen LogP contribution in [0.4, 0.5) is 0 Å². The highest BCUT2D eigenvalue weighted by Gasteiger charge is 2.41. The van der Waals surface area contributed by atoms with E-state index in [1.807, 2.05) is 30.3 Å². The fourth-order valence-corrected chi connectivity index (χ4v) is 5.84. The van der Waals surface area contributed by atoms with Gasteiger partial charge in [0.1, 0.15) is 0 Å². The molecule has 0 aliphatic carbocycles. The lowest BCUT2D eigenvalue weighted by atomic mass is 9.89. The van der Waals surface area contributed by atoms with E-state index in [9.17, 15) is 8.42 Å². The molecule has 0 amide bonds. The summed E-state index contributed by atoms with van der Waals surface area (Å²) in [6.07, 6.45) is 5.42. The Labute approximate surface area is 150 Å². The number of rotatable bonds is 5. The molecule has 4 nitrogen and oxygen atoms in total. The van der Waals surface area contributed by atoms with Gasteiger partial charge in [0.05, 0.1) is 22.4 Å². The Bertz CT molecular complexity index is 821. The lowest BCUT2D eigenvalue weighted by Crippen LogP contribution is -2.50. The van der Waals surface area contributed by atoms with Crippen LogP contribution in [-0.2, 0) is 9.84 Å². The van der Waals surface area contributed by atoms with Crippen LogP contribution in [-0.4, -0.2) is 24.7 Å². The van der Waals surface area contributed by atoms with Crippen molar-refractivity contribution >= 4 is 9.84 Å². The van der Waals surface area contributed by atoms with E-state index in [0.29, 0.717) is 4.90 Å². The van der Waals surface area contributed by atoms with Gasteiger partial charge in [0, 0.05) is 11.7 Å². The molecule has 1 aromatic carbocycles. The predicted molar refractivity (Wildman–Crippen MR) is 100 cm³/mol. The normalized spacial score (nSPS) is 25.1. The van der Waals surface area contributed by atoms with E-state index >= 15 is 0 Å². The highest BCUT2D eigenvalue weighted by molar-refractivity contribution is 7.91. The van der Waals surface area contributed by atoms with Crippen molar-refractivity contribution in [3.8, 4) is 0 Å². The van der Waals surface area contributed by atoms with E-state index in [2.05, 4.69) is 24.1 Å². The molecule has 3 rings (SSSR count). The average molecular weight is 359 g/mol. The van der Waals surface area contributed by atoms with Gasteiger partial charge in [-0.25, -0.2) is 8.42 Å². The third kappa shape index (κ3) is 3.62. The first kappa shape index (κ1) is 18.1. The number of benzene rings is 1. The van der Waals surface area contributed by atoms with Gasteiger partial charge in [-0.15, -0.1) is 0 Å². The molecule has 0 radical (unpaired) electrons. The quantitative estimate of drug-likeness (QED) is 0.881. The molecule has 134 valence electrons. The van der Waals surface area contributed by atoms with Crippen LogP contribution in [0.3, 0.4) is 0 Å². The second-order valence-corrected chi connectivity index (χ2v) is 8.82. The fourth-order valence-electron chi connectivity index (χ4n) is 3.69. The Morgan fingerprint density at radius 1 is 1.16 bits per heavy atom. The zero-order valence-corrected chi connectivity index (χ0v) is 15.7. The van der Waals surface area contributed by atoms with Gasteiger partial charge in [0.15, 0.2) is 9.84 Å². The van der Waals surface area contributed by atoms with E-state index < -0.39 is 15.4 Å². The SMILES string of the molecule is CCCC[C@]1(CC)CS(=O)(=O)c2ccccc2[C@H](c2ccccn2)N1.